The molecule has 10 nitrogen and oxygen atoms in total. The van der Waals surface area contributed by atoms with Gasteiger partial charge in [-0.25, -0.2) is 14.6 Å². The molecule has 0 unspecified atom stereocenters. The van der Waals surface area contributed by atoms with E-state index in [2.05, 4.69) is 0 Å². The molecule has 0 saturated carbocycles. The van der Waals surface area contributed by atoms with Crippen LogP contribution in [0.25, 0.3) is 11.8 Å². The Bertz CT molecular complexity index is 2260. The number of ether oxygens (including phenoxy) is 4. The van der Waals surface area contributed by atoms with Crippen LogP contribution in [-0.2, 0) is 16.1 Å². The molecule has 0 radical (unpaired) electrons. The number of esters is 1. The molecular formula is C39H34N2O8S. The molecule has 0 fully saturated rings. The predicted octanol–water partition coefficient (Wildman–Crippen LogP) is 5.62. The monoisotopic (exact) mass is 690 g/mol. The van der Waals surface area contributed by atoms with Gasteiger partial charge in [-0.1, -0.05) is 72.0 Å². The zero-order valence-corrected chi connectivity index (χ0v) is 28.4. The van der Waals surface area contributed by atoms with E-state index < -0.39 is 18.0 Å². The Labute approximate surface area is 291 Å². The normalized spacial score (nSPS) is 14.1. The molecule has 1 aliphatic heterocycles. The third kappa shape index (κ3) is 7.08. The second-order valence-electron chi connectivity index (χ2n) is 11.1. The van der Waals surface area contributed by atoms with E-state index in [1.165, 1.54) is 24.5 Å². The van der Waals surface area contributed by atoms with Crippen molar-refractivity contribution in [1.29, 1.82) is 0 Å². The Balaban J connectivity index is 1.44. The number of aromatic nitrogens is 1. The minimum Gasteiger partial charge on any atom is -0.494 e. The van der Waals surface area contributed by atoms with E-state index in [0.717, 1.165) is 5.56 Å². The largest absolute Gasteiger partial charge is 0.494 e. The fourth-order valence-electron chi connectivity index (χ4n) is 5.67. The molecule has 11 heteroatoms. The quantitative estimate of drug-likeness (QED) is 0.167. The van der Waals surface area contributed by atoms with Crippen molar-refractivity contribution < 1.29 is 33.6 Å². The molecule has 1 N–H and O–H groups in total. The van der Waals surface area contributed by atoms with Gasteiger partial charge < -0.3 is 24.1 Å². The number of rotatable bonds is 12. The Morgan fingerprint density at radius 1 is 0.900 bits per heavy atom. The van der Waals surface area contributed by atoms with Crippen LogP contribution in [-0.4, -0.2) is 41.9 Å². The predicted molar refractivity (Wildman–Crippen MR) is 189 cm³/mol. The number of hydrogen-bond acceptors (Lipinski definition) is 9. The number of benzene rings is 4. The summed E-state index contributed by atoms with van der Waals surface area (Å²) in [5, 5.41) is 9.31. The van der Waals surface area contributed by atoms with Crippen LogP contribution in [0, 0.1) is 0 Å². The van der Waals surface area contributed by atoms with Crippen LogP contribution in [0.4, 0.5) is 0 Å². The highest BCUT2D eigenvalue weighted by atomic mass is 32.1. The molecule has 5 aromatic rings. The molecule has 50 heavy (non-hydrogen) atoms. The van der Waals surface area contributed by atoms with Crippen molar-refractivity contribution in [2.75, 3.05) is 20.3 Å². The molecule has 0 bridgehead atoms. The molecule has 1 atom stereocenters. The number of thiazole rings is 1. The van der Waals surface area contributed by atoms with Gasteiger partial charge >= 0.3 is 11.9 Å². The van der Waals surface area contributed by atoms with E-state index in [1.807, 2.05) is 61.5 Å². The number of carbonyl (C=O) groups excluding carboxylic acids is 1. The molecule has 254 valence electrons. The first kappa shape index (κ1) is 33.9. The number of nitrogens with zero attached hydrogens (tertiary/aromatic N) is 2. The van der Waals surface area contributed by atoms with Gasteiger partial charge in [-0.2, -0.15) is 0 Å². The highest BCUT2D eigenvalue weighted by Crippen LogP contribution is 2.36. The first-order valence-electron chi connectivity index (χ1n) is 16.0. The summed E-state index contributed by atoms with van der Waals surface area (Å²) in [4.78, 5) is 44.7. The summed E-state index contributed by atoms with van der Waals surface area (Å²) in [7, 11) is 1.52. The van der Waals surface area contributed by atoms with Crippen LogP contribution in [0.15, 0.2) is 112 Å². The number of carboxylic acids is 1. The van der Waals surface area contributed by atoms with Crippen molar-refractivity contribution in [2.45, 2.75) is 26.5 Å². The van der Waals surface area contributed by atoms with E-state index in [1.54, 1.807) is 54.0 Å². The molecule has 4 aromatic carbocycles. The Morgan fingerprint density at radius 3 is 2.38 bits per heavy atom. The van der Waals surface area contributed by atoms with E-state index >= 15 is 0 Å². The van der Waals surface area contributed by atoms with Crippen LogP contribution in [0.2, 0.25) is 0 Å². The lowest BCUT2D eigenvalue weighted by molar-refractivity contribution is -0.138. The minimum atomic E-state index is -1.02. The second kappa shape index (κ2) is 15.1. The minimum absolute atomic E-state index is 0.132. The zero-order chi connectivity index (χ0) is 35.2. The fraction of sp³-hybridized carbons (Fsp3) is 0.179. The molecule has 1 aromatic heterocycles. The highest BCUT2D eigenvalue weighted by Gasteiger charge is 2.35. The van der Waals surface area contributed by atoms with Gasteiger partial charge in [0.05, 0.1) is 47.7 Å². The second-order valence-corrected chi connectivity index (χ2v) is 12.1. The first-order valence-corrected chi connectivity index (χ1v) is 16.8. The Morgan fingerprint density at radius 2 is 1.68 bits per heavy atom. The summed E-state index contributed by atoms with van der Waals surface area (Å²) in [6, 6.07) is 27.7. The van der Waals surface area contributed by atoms with Crippen LogP contribution >= 0.6 is 11.3 Å². The van der Waals surface area contributed by atoms with Gasteiger partial charge in [0.1, 0.15) is 12.4 Å². The van der Waals surface area contributed by atoms with Gasteiger partial charge in [0.15, 0.2) is 16.3 Å². The SMILES string of the molecule is CCOC(=O)C1=C(c2ccccc2)N=c2s/c(=C\c3ccc(OCc4cccc(C(=O)O)c4)c(OC)c3)c(=O)n2[C@@H]1c1ccc(OCC)cc1. The molecular weight excluding hydrogens is 657 g/mol. The van der Waals surface area contributed by atoms with Crippen molar-refractivity contribution >= 4 is 35.0 Å². The summed E-state index contributed by atoms with van der Waals surface area (Å²) in [6.45, 7) is 4.43. The molecule has 0 aliphatic carbocycles. The molecule has 6 rings (SSSR count). The van der Waals surface area contributed by atoms with Crippen LogP contribution < -0.4 is 29.1 Å². The number of carbonyl (C=O) groups is 2. The summed E-state index contributed by atoms with van der Waals surface area (Å²) >= 11 is 1.22. The lowest BCUT2D eigenvalue weighted by Crippen LogP contribution is -2.40. The lowest BCUT2D eigenvalue weighted by Gasteiger charge is -2.26. The van der Waals surface area contributed by atoms with Gasteiger partial charge in [0, 0.05) is 5.56 Å². The number of aromatic carboxylic acids is 1. The molecule has 0 spiro atoms. The van der Waals surface area contributed by atoms with Crippen LogP contribution in [0.1, 0.15) is 52.5 Å². The van der Waals surface area contributed by atoms with E-state index in [0.29, 0.717) is 55.6 Å². The molecule has 0 amide bonds. The van der Waals surface area contributed by atoms with Crippen LogP contribution in [0.5, 0.6) is 17.2 Å². The summed E-state index contributed by atoms with van der Waals surface area (Å²) in [5.41, 5.74) is 3.34. The number of methoxy groups -OCH3 is 1. The van der Waals surface area contributed by atoms with Gasteiger partial charge in [-0.05, 0) is 73.0 Å². The van der Waals surface area contributed by atoms with Gasteiger partial charge in [0.25, 0.3) is 5.56 Å². The average Bonchev–Trinajstić information content (AvgIpc) is 3.45. The lowest BCUT2D eigenvalue weighted by atomic mass is 9.93. The van der Waals surface area contributed by atoms with Gasteiger partial charge in [0.2, 0.25) is 0 Å². The topological polar surface area (TPSA) is 126 Å². The summed E-state index contributed by atoms with van der Waals surface area (Å²) in [6.07, 6.45) is 1.75. The van der Waals surface area contributed by atoms with E-state index in [-0.39, 0.29) is 29.9 Å². The molecule has 1 aliphatic rings. The first-order chi connectivity index (χ1) is 24.3. The smallest absolute Gasteiger partial charge is 0.338 e. The van der Waals surface area contributed by atoms with Crippen molar-refractivity contribution in [1.82, 2.24) is 4.57 Å². The number of carboxylic acid groups (broad SMARTS) is 1. The standard InChI is InChI=1S/C39H34N2O8S/c1-4-47-29-17-15-27(16-18-29)35-33(38(45)48-5-2)34(26-11-7-6-8-12-26)40-39-41(35)36(42)32(50-39)22-24-14-19-30(31(21-24)46-3)49-23-25-10-9-13-28(20-25)37(43)44/h6-22,35H,4-5,23H2,1-3H3,(H,43,44)/b32-22-/t35-/m1/s1. The number of hydrogen-bond donors (Lipinski definition) is 1. The number of fused-ring (bicyclic) bond motifs is 1. The van der Waals surface area contributed by atoms with Crippen molar-refractivity contribution in [3.8, 4) is 17.2 Å². The maximum Gasteiger partial charge on any atom is 0.338 e. The van der Waals surface area contributed by atoms with Crippen molar-refractivity contribution in [3.63, 3.8) is 0 Å². The van der Waals surface area contributed by atoms with Gasteiger partial charge in [-0.15, -0.1) is 0 Å². The average molecular weight is 691 g/mol. The van der Waals surface area contributed by atoms with E-state index in [9.17, 15) is 19.5 Å². The fourth-order valence-corrected chi connectivity index (χ4v) is 6.67. The summed E-state index contributed by atoms with van der Waals surface area (Å²) in [5.74, 6) is -0.0154. The zero-order valence-electron chi connectivity index (χ0n) is 27.6. The maximum atomic E-state index is 14.3. The molecule has 2 heterocycles. The van der Waals surface area contributed by atoms with Crippen LogP contribution in [0.3, 0.4) is 0 Å². The third-order valence-corrected chi connectivity index (χ3v) is 8.92. The maximum absolute atomic E-state index is 14.3. The highest BCUT2D eigenvalue weighted by molar-refractivity contribution is 7.07. The van der Waals surface area contributed by atoms with E-state index in [4.69, 9.17) is 23.9 Å². The molecule has 0 saturated heterocycles. The van der Waals surface area contributed by atoms with Crippen molar-refractivity contribution in [3.05, 3.63) is 150 Å². The van der Waals surface area contributed by atoms with Crippen molar-refractivity contribution in [2.24, 2.45) is 4.99 Å². The van der Waals surface area contributed by atoms with Gasteiger partial charge in [-0.3, -0.25) is 9.36 Å². The Hall–Kier alpha value is -5.94. The summed E-state index contributed by atoms with van der Waals surface area (Å²) < 4.78 is 24.7. The Kier molecular flexibility index (Phi) is 10.2. The third-order valence-electron chi connectivity index (χ3n) is 7.93.